The van der Waals surface area contributed by atoms with Gasteiger partial charge in [-0.3, -0.25) is 4.79 Å². The molecule has 6 N–H and O–H groups in total. The van der Waals surface area contributed by atoms with Crippen LogP contribution in [0.3, 0.4) is 0 Å². The van der Waals surface area contributed by atoms with Crippen molar-refractivity contribution in [1.29, 1.82) is 0 Å². The maximum Gasteiger partial charge on any atom is 0.331 e. The standard InChI is InChI=1S/C64H96O23/c1-32(66)40-21-24-64(72)62(40,7)47(83-48(67)18-17-37-15-13-12-14-16-37)30-46-61(6)22-20-39(25-38(61)19-23-63(46,64)71)81-49-26-41(73-8)56(33(2)77-49)84-50-27-42(74-9)57(34(3)78-50)85-51-28-43(75-10)58(35(4)79-51)86-52-29-44(76-11)59(36(5)80-52)87-60-55(70)54(69)53(68)45(31-65)82-60/h12-19,33-36,39-47,49-60,65,68-72H,20-31H2,1-11H3/b18-17+/t33-,34-,35-,36-,39+,40+,41+,42-,43-,44-,45-,46-,47-,49+,50+,51+,52+,53-,54+,55-,56-,57-,58-,59-,60+,61+,62+,63+,64-/m1/s1. The monoisotopic (exact) mass is 1230 g/mol. The van der Waals surface area contributed by atoms with Gasteiger partial charge in [-0.2, -0.15) is 0 Å². The van der Waals surface area contributed by atoms with Crippen molar-refractivity contribution >= 4 is 17.8 Å². The van der Waals surface area contributed by atoms with Gasteiger partial charge in [-0.15, -0.1) is 0 Å². The lowest BCUT2D eigenvalue weighted by Crippen LogP contribution is -2.75. The molecule has 8 fully saturated rings. The first kappa shape index (κ1) is 66.9. The van der Waals surface area contributed by atoms with Crippen LogP contribution in [0.25, 0.3) is 6.08 Å². The molecule has 23 nitrogen and oxygen atoms in total. The molecule has 1 aromatic carbocycles. The first-order valence-electron chi connectivity index (χ1n) is 31.3. The quantitative estimate of drug-likeness (QED) is 0.0649. The SMILES string of the molecule is CO[C@H]1C[C@H](O[C@H]2CC[C@@]3(C)C(=CC[C@]4(O)[C@@H]3C[C@@H](OC(=O)/C=C/c3ccccc3)[C@]3(C)[C@H](C(C)=O)CC[C@@]34O)C2)O[C@H](C)[C@H]1O[C@H]1C[C@@H](OC)[C@H](O[C@H]2C[C@@H](OC)[C@H](O[C@H]3C[C@@H](OC)[C@H](O[C@@H]4O[C@H](CO)[C@@H](O)[C@H](O)[C@H]4O)[C@@H](C)O3)[C@@H](C)O2)[C@@H](C)O1. The zero-order chi connectivity index (χ0) is 62.5. The van der Waals surface area contributed by atoms with Crippen LogP contribution in [0, 0.1) is 22.7 Å². The van der Waals surface area contributed by atoms with E-state index in [2.05, 4.69) is 13.0 Å². The van der Waals surface area contributed by atoms with Crippen LogP contribution >= 0.6 is 0 Å². The predicted molar refractivity (Wildman–Crippen MR) is 307 cm³/mol. The number of carbonyl (C=O) groups is 2. The van der Waals surface area contributed by atoms with Crippen molar-refractivity contribution in [3.8, 4) is 0 Å². The molecule has 5 aliphatic heterocycles. The fourth-order valence-electron chi connectivity index (χ4n) is 16.6. The number of hydrogen-bond acceptors (Lipinski definition) is 23. The van der Waals surface area contributed by atoms with E-state index in [0.717, 1.165) is 11.1 Å². The molecular formula is C64H96O23. The molecule has 23 heteroatoms. The Morgan fingerprint density at radius 1 is 0.632 bits per heavy atom. The highest BCUT2D eigenvalue weighted by Crippen LogP contribution is 2.70. The lowest BCUT2D eigenvalue weighted by atomic mass is 9.43. The van der Waals surface area contributed by atoms with Gasteiger partial charge < -0.3 is 102 Å². The molecule has 0 aromatic heterocycles. The third kappa shape index (κ3) is 12.8. The molecule has 4 aliphatic carbocycles. The minimum atomic E-state index is -1.70. The predicted octanol–water partition coefficient (Wildman–Crippen LogP) is 3.94. The summed E-state index contributed by atoms with van der Waals surface area (Å²) in [5.74, 6) is -1.74. The molecule has 9 aliphatic rings. The average Bonchev–Trinajstić information content (AvgIpc) is 1.64. The highest BCUT2D eigenvalue weighted by atomic mass is 16.8. The first-order valence-corrected chi connectivity index (χ1v) is 31.3. The lowest BCUT2D eigenvalue weighted by molar-refractivity contribution is -0.358. The number of rotatable bonds is 19. The molecule has 87 heavy (non-hydrogen) atoms. The number of methoxy groups -OCH3 is 4. The summed E-state index contributed by atoms with van der Waals surface area (Å²) in [5, 5.41) is 66.9. The summed E-state index contributed by atoms with van der Waals surface area (Å²) in [4.78, 5) is 26.9. The van der Waals surface area contributed by atoms with Crippen LogP contribution in [0.4, 0.5) is 0 Å². The number of Topliss-reactive ketones (excluding diaryl/α,β-unsaturated/α-hetero) is 1. The Balaban J connectivity index is 0.718. The van der Waals surface area contributed by atoms with Crippen molar-refractivity contribution in [2.45, 2.75) is 272 Å². The number of aliphatic hydroxyl groups excluding tert-OH is 4. The normalized spacial score (nSPS) is 48.4. The molecule has 0 amide bonds. The maximum atomic E-state index is 13.6. The summed E-state index contributed by atoms with van der Waals surface area (Å²) in [6, 6.07) is 9.44. The van der Waals surface area contributed by atoms with Gasteiger partial charge in [0.25, 0.3) is 0 Å². The van der Waals surface area contributed by atoms with E-state index in [1.54, 1.807) is 34.3 Å². The number of ether oxygens (including phenoxy) is 15. The number of benzene rings is 1. The summed E-state index contributed by atoms with van der Waals surface area (Å²) >= 11 is 0. The van der Waals surface area contributed by atoms with Crippen molar-refractivity contribution in [1.82, 2.24) is 0 Å². The molecule has 1 aromatic rings. The molecule has 5 heterocycles. The topological polar surface area (TPSA) is 294 Å². The molecule has 490 valence electrons. The van der Waals surface area contributed by atoms with Gasteiger partial charge in [0.1, 0.15) is 71.9 Å². The molecule has 0 bridgehead atoms. The molecule has 3 saturated carbocycles. The molecule has 10 rings (SSSR count). The van der Waals surface area contributed by atoms with Gasteiger partial charge in [0.05, 0.1) is 61.5 Å². The van der Waals surface area contributed by atoms with Crippen molar-refractivity contribution in [2.75, 3.05) is 35.0 Å². The van der Waals surface area contributed by atoms with Crippen LogP contribution in [0.15, 0.2) is 48.1 Å². The number of esters is 1. The van der Waals surface area contributed by atoms with E-state index in [9.17, 15) is 40.2 Å². The first-order chi connectivity index (χ1) is 41.4. The fourth-order valence-corrected chi connectivity index (χ4v) is 16.6. The van der Waals surface area contributed by atoms with Gasteiger partial charge in [0.15, 0.2) is 31.5 Å². The third-order valence-corrected chi connectivity index (χ3v) is 21.5. The zero-order valence-electron chi connectivity index (χ0n) is 52.2. The van der Waals surface area contributed by atoms with Crippen LogP contribution in [-0.4, -0.2) is 230 Å². The third-order valence-electron chi connectivity index (χ3n) is 21.5. The van der Waals surface area contributed by atoms with Crippen LogP contribution in [-0.2, 0) is 80.6 Å². The summed E-state index contributed by atoms with van der Waals surface area (Å²) in [7, 11) is 6.38. The number of ketones is 1. The number of hydrogen-bond donors (Lipinski definition) is 6. The van der Waals surface area contributed by atoms with E-state index < -0.39 is 182 Å². The van der Waals surface area contributed by atoms with E-state index in [1.165, 1.54) is 20.1 Å². The molecule has 5 saturated heterocycles. The van der Waals surface area contributed by atoms with Gasteiger partial charge in [0, 0.05) is 77.4 Å². The Morgan fingerprint density at radius 2 is 1.13 bits per heavy atom. The van der Waals surface area contributed by atoms with Gasteiger partial charge in [0.2, 0.25) is 0 Å². The van der Waals surface area contributed by atoms with Crippen LogP contribution in [0.1, 0.15) is 125 Å². The second-order valence-corrected chi connectivity index (χ2v) is 26.3. The fraction of sp³-hybridized carbons (Fsp3) is 0.812. The Morgan fingerprint density at radius 3 is 1.61 bits per heavy atom. The molecule has 29 atom stereocenters. The van der Waals surface area contributed by atoms with Crippen LogP contribution < -0.4 is 0 Å². The van der Waals surface area contributed by atoms with Gasteiger partial charge in [-0.1, -0.05) is 55.8 Å². The Labute approximate surface area is 510 Å². The van der Waals surface area contributed by atoms with Crippen molar-refractivity contribution in [2.24, 2.45) is 22.7 Å². The van der Waals surface area contributed by atoms with Crippen molar-refractivity contribution in [3.05, 3.63) is 53.6 Å². The average molecular weight is 1230 g/mol. The Kier molecular flexibility index (Phi) is 21.0. The lowest BCUT2D eigenvalue weighted by Gasteiger charge is -2.66. The van der Waals surface area contributed by atoms with Crippen LogP contribution in [0.5, 0.6) is 0 Å². The highest BCUT2D eigenvalue weighted by Gasteiger charge is 2.77. The van der Waals surface area contributed by atoms with E-state index in [0.29, 0.717) is 44.9 Å². The maximum absolute atomic E-state index is 13.6. The minimum Gasteiger partial charge on any atom is -0.458 e. The second kappa shape index (κ2) is 27.3. The Hall–Kier alpha value is -2.96. The van der Waals surface area contributed by atoms with Crippen LogP contribution in [0.2, 0.25) is 0 Å². The van der Waals surface area contributed by atoms with E-state index in [1.807, 2.05) is 58.0 Å². The number of carbonyl (C=O) groups excluding carboxylic acids is 2. The molecule has 0 radical (unpaired) electrons. The van der Waals surface area contributed by atoms with Gasteiger partial charge in [-0.05, 0) is 96.6 Å². The zero-order valence-corrected chi connectivity index (χ0v) is 52.2. The minimum absolute atomic E-state index is 0.0982. The summed E-state index contributed by atoms with van der Waals surface area (Å²) in [5.41, 5.74) is -3.11. The summed E-state index contributed by atoms with van der Waals surface area (Å²) < 4.78 is 94.5. The van der Waals surface area contributed by atoms with E-state index in [-0.39, 0.29) is 37.6 Å². The van der Waals surface area contributed by atoms with Crippen molar-refractivity contribution in [3.63, 3.8) is 0 Å². The van der Waals surface area contributed by atoms with Crippen molar-refractivity contribution < 1.29 is 111 Å². The molecule has 0 spiro atoms. The highest BCUT2D eigenvalue weighted by molar-refractivity contribution is 5.87. The largest absolute Gasteiger partial charge is 0.458 e. The van der Waals surface area contributed by atoms with Gasteiger partial charge in [-0.25, -0.2) is 4.79 Å². The second-order valence-electron chi connectivity index (χ2n) is 26.3. The van der Waals surface area contributed by atoms with E-state index in [4.69, 9.17) is 71.1 Å². The van der Waals surface area contributed by atoms with E-state index >= 15 is 0 Å². The van der Waals surface area contributed by atoms with Gasteiger partial charge >= 0.3 is 5.97 Å². The number of aliphatic hydroxyl groups is 6. The summed E-state index contributed by atoms with van der Waals surface area (Å²) in [6.07, 6.45) is -8.26. The summed E-state index contributed by atoms with van der Waals surface area (Å²) in [6.45, 7) is 12.4. The molecule has 0 unspecified atom stereocenters. The smallest absolute Gasteiger partial charge is 0.331 e. The molecular weight excluding hydrogens is 1140 g/mol. The Bertz CT molecular complexity index is 2540. The number of fused-ring (bicyclic) bond motifs is 5.